The van der Waals surface area contributed by atoms with E-state index in [0.29, 0.717) is 0 Å². The Labute approximate surface area is 172 Å². The highest BCUT2D eigenvalue weighted by Crippen LogP contribution is 2.68. The predicted molar refractivity (Wildman–Crippen MR) is 116 cm³/mol. The summed E-state index contributed by atoms with van der Waals surface area (Å²) in [5.41, 5.74) is 3.51. The van der Waals surface area contributed by atoms with Crippen molar-refractivity contribution in [3.63, 3.8) is 0 Å². The van der Waals surface area contributed by atoms with E-state index in [4.69, 9.17) is 6.42 Å². The summed E-state index contributed by atoms with van der Waals surface area (Å²) in [5, 5.41) is 0. The van der Waals surface area contributed by atoms with E-state index in [1.807, 2.05) is 48.5 Å². The molecule has 1 saturated heterocycles. The minimum Gasteiger partial charge on any atom is -0.314 e. The average Bonchev–Trinajstić information content (AvgIpc) is 3.09. The van der Waals surface area contributed by atoms with Gasteiger partial charge in [0.15, 0.2) is 0 Å². The second-order valence-electron chi connectivity index (χ2n) is 7.05. The highest BCUT2D eigenvalue weighted by molar-refractivity contribution is 8.08. The number of terminal acetylenes is 1. The summed E-state index contributed by atoms with van der Waals surface area (Å²) in [6.45, 7) is 0.199. The van der Waals surface area contributed by atoms with Gasteiger partial charge in [-0.3, -0.25) is 14.5 Å². The smallest absolute Gasteiger partial charge is 0.251 e. The summed E-state index contributed by atoms with van der Waals surface area (Å²) in [6, 6.07) is 15.6. The third-order valence-corrected chi connectivity index (χ3v) is 9.31. The maximum absolute atomic E-state index is 14.0. The van der Waals surface area contributed by atoms with E-state index in [9.17, 15) is 9.59 Å². The number of thioether (sulfide) groups is 2. The Bertz CT molecular complexity index is 1060. The number of fused-ring (bicyclic) bond motifs is 5. The minimum atomic E-state index is -1.01. The average molecular weight is 407 g/mol. The maximum atomic E-state index is 14.0. The zero-order valence-electron chi connectivity index (χ0n) is 15.3. The molecule has 2 atom stereocenters. The monoisotopic (exact) mass is 406 g/mol. The van der Waals surface area contributed by atoms with Crippen molar-refractivity contribution in [2.45, 2.75) is 9.49 Å². The van der Waals surface area contributed by atoms with Crippen LogP contribution in [0, 0.1) is 12.3 Å². The lowest BCUT2D eigenvalue weighted by molar-refractivity contribution is -0.127. The lowest BCUT2D eigenvalue weighted by Gasteiger charge is -2.46. The second kappa shape index (κ2) is 6.07. The molecule has 1 fully saturated rings. The van der Waals surface area contributed by atoms with Crippen LogP contribution in [-0.4, -0.2) is 36.9 Å². The second-order valence-corrected chi connectivity index (χ2v) is 9.67. The van der Waals surface area contributed by atoms with Crippen LogP contribution in [0.15, 0.2) is 48.5 Å². The molecule has 2 spiro atoms. The van der Waals surface area contributed by atoms with Gasteiger partial charge in [0.2, 0.25) is 5.91 Å². The van der Waals surface area contributed by atoms with Crippen LogP contribution in [0.25, 0.3) is 0 Å². The molecule has 0 bridgehead atoms. The van der Waals surface area contributed by atoms with Crippen molar-refractivity contribution in [2.24, 2.45) is 0 Å². The summed E-state index contributed by atoms with van der Waals surface area (Å²) in [5.74, 6) is 4.11. The van der Waals surface area contributed by atoms with E-state index in [-0.39, 0.29) is 18.4 Å². The predicted octanol–water partition coefficient (Wildman–Crippen LogP) is 3.21. The zero-order valence-corrected chi connectivity index (χ0v) is 17.0. The summed E-state index contributed by atoms with van der Waals surface area (Å²) < 4.78 is -2.00. The molecule has 6 heteroatoms. The van der Waals surface area contributed by atoms with Crippen molar-refractivity contribution in [3.8, 4) is 12.3 Å². The first-order chi connectivity index (χ1) is 13.6. The fraction of sp³-hybridized carbons (Fsp3) is 0.273. The molecule has 5 rings (SSSR count). The van der Waals surface area contributed by atoms with E-state index < -0.39 is 9.49 Å². The Morgan fingerprint density at radius 2 is 1.46 bits per heavy atom. The van der Waals surface area contributed by atoms with Gasteiger partial charge in [-0.05, 0) is 12.1 Å². The fourth-order valence-electron chi connectivity index (χ4n) is 4.75. The van der Waals surface area contributed by atoms with Gasteiger partial charge in [0.25, 0.3) is 5.91 Å². The van der Waals surface area contributed by atoms with Gasteiger partial charge < -0.3 is 4.90 Å². The number of rotatable bonds is 1. The number of anilines is 2. The first-order valence-electron chi connectivity index (χ1n) is 9.10. The Balaban J connectivity index is 1.86. The van der Waals surface area contributed by atoms with Crippen LogP contribution in [0.1, 0.15) is 11.1 Å². The zero-order chi connectivity index (χ0) is 19.5. The number of carbonyl (C=O) groups is 2. The van der Waals surface area contributed by atoms with Gasteiger partial charge in [-0.1, -0.05) is 42.3 Å². The number of nitrogens with zero attached hydrogens (tertiary/aromatic N) is 2. The van der Waals surface area contributed by atoms with Crippen LogP contribution >= 0.6 is 23.5 Å². The Morgan fingerprint density at radius 3 is 2.11 bits per heavy atom. The molecule has 0 N–H and O–H groups in total. The number of hydrogen-bond acceptors (Lipinski definition) is 4. The molecule has 0 saturated carbocycles. The molecule has 2 aromatic carbocycles. The van der Waals surface area contributed by atoms with E-state index in [1.54, 1.807) is 40.4 Å². The van der Waals surface area contributed by atoms with Gasteiger partial charge in [0.1, 0.15) is 9.49 Å². The third-order valence-electron chi connectivity index (χ3n) is 5.84. The van der Waals surface area contributed by atoms with E-state index >= 15 is 0 Å². The van der Waals surface area contributed by atoms with Crippen LogP contribution in [0.2, 0.25) is 0 Å². The summed E-state index contributed by atoms with van der Waals surface area (Å²) in [6.07, 6.45) is 5.59. The molecule has 3 aliphatic heterocycles. The van der Waals surface area contributed by atoms with Gasteiger partial charge in [0.05, 0.1) is 6.54 Å². The van der Waals surface area contributed by atoms with E-state index in [0.717, 1.165) is 34.0 Å². The molecular weight excluding hydrogens is 388 g/mol. The molecule has 140 valence electrons. The highest BCUT2D eigenvalue weighted by Gasteiger charge is 2.72. The van der Waals surface area contributed by atoms with Gasteiger partial charge in [-0.15, -0.1) is 29.9 Å². The molecule has 0 aliphatic carbocycles. The molecule has 28 heavy (non-hydrogen) atoms. The van der Waals surface area contributed by atoms with E-state index in [2.05, 4.69) is 5.92 Å². The molecular formula is C22H18N2O2S2. The normalized spacial score (nSPS) is 28.0. The van der Waals surface area contributed by atoms with Crippen LogP contribution in [-0.2, 0) is 19.1 Å². The van der Waals surface area contributed by atoms with Gasteiger partial charge in [-0.2, -0.15) is 0 Å². The first-order valence-corrected chi connectivity index (χ1v) is 11.1. The van der Waals surface area contributed by atoms with Gasteiger partial charge in [-0.25, -0.2) is 0 Å². The van der Waals surface area contributed by atoms with Crippen molar-refractivity contribution in [2.75, 3.05) is 34.9 Å². The quantitative estimate of drug-likeness (QED) is 0.682. The SMILES string of the molecule is C#CCN1C(=O)[C@]2(SCCS[C@]23C(=O)N(C)c2ccccc23)c2ccccc21. The maximum Gasteiger partial charge on any atom is 0.251 e. The first kappa shape index (κ1) is 17.7. The Hall–Kier alpha value is -2.36. The summed E-state index contributed by atoms with van der Waals surface area (Å²) >= 11 is 3.19. The molecule has 3 heterocycles. The number of benzene rings is 2. The number of likely N-dealkylation sites (N-methyl/N-ethyl adjacent to an activating group) is 1. The molecule has 3 aliphatic rings. The minimum absolute atomic E-state index is 0.0309. The van der Waals surface area contributed by atoms with Crippen molar-refractivity contribution in [3.05, 3.63) is 59.7 Å². The highest BCUT2D eigenvalue weighted by atomic mass is 32.2. The van der Waals surface area contributed by atoms with Crippen molar-refractivity contribution in [1.29, 1.82) is 0 Å². The number of carbonyl (C=O) groups excluding carboxylic acids is 2. The van der Waals surface area contributed by atoms with Crippen LogP contribution in [0.4, 0.5) is 11.4 Å². The van der Waals surface area contributed by atoms with Crippen LogP contribution in [0.5, 0.6) is 0 Å². The molecule has 2 amide bonds. The van der Waals surface area contributed by atoms with Crippen molar-refractivity contribution < 1.29 is 9.59 Å². The third kappa shape index (κ3) is 1.86. The lowest BCUT2D eigenvalue weighted by atomic mass is 9.80. The van der Waals surface area contributed by atoms with Crippen LogP contribution < -0.4 is 9.80 Å². The summed E-state index contributed by atoms with van der Waals surface area (Å²) in [4.78, 5) is 31.2. The number of amides is 2. The molecule has 0 radical (unpaired) electrons. The molecule has 2 aromatic rings. The lowest BCUT2D eigenvalue weighted by Crippen LogP contribution is -2.58. The Kier molecular flexibility index (Phi) is 3.84. The standard InChI is InChI=1S/C22H18N2O2S2/c1-3-12-24-18-11-7-5-9-16(18)22(20(24)26)21(27-13-14-28-22)15-8-4-6-10-17(15)23(2)19(21)25/h1,4-11H,12-14H2,2H3/t21-,22-/m1/s1. The largest absolute Gasteiger partial charge is 0.314 e. The molecule has 0 aromatic heterocycles. The van der Waals surface area contributed by atoms with Crippen molar-refractivity contribution >= 4 is 46.7 Å². The Morgan fingerprint density at radius 1 is 0.929 bits per heavy atom. The van der Waals surface area contributed by atoms with Gasteiger partial charge in [0, 0.05) is 41.1 Å². The molecule has 0 unspecified atom stereocenters. The number of para-hydroxylation sites is 2. The fourth-order valence-corrected chi connectivity index (χ4v) is 8.33. The summed E-state index contributed by atoms with van der Waals surface area (Å²) in [7, 11) is 1.80. The van der Waals surface area contributed by atoms with Crippen molar-refractivity contribution in [1.82, 2.24) is 0 Å². The topological polar surface area (TPSA) is 40.6 Å². The molecule has 4 nitrogen and oxygen atoms in total. The number of hydrogen-bond donors (Lipinski definition) is 0. The van der Waals surface area contributed by atoms with Gasteiger partial charge >= 0.3 is 0 Å². The van der Waals surface area contributed by atoms with Crippen LogP contribution in [0.3, 0.4) is 0 Å². The van der Waals surface area contributed by atoms with E-state index in [1.165, 1.54) is 0 Å².